The second-order valence-corrected chi connectivity index (χ2v) is 3.66. The van der Waals surface area contributed by atoms with Crippen LogP contribution in [-0.2, 0) is 0 Å². The highest BCUT2D eigenvalue weighted by Crippen LogP contribution is 2.14. The Labute approximate surface area is 94.2 Å². The van der Waals surface area contributed by atoms with Crippen molar-refractivity contribution in [3.05, 3.63) is 23.1 Å². The molecule has 1 N–H and O–H groups in total. The number of halogens is 1. The van der Waals surface area contributed by atoms with Crippen LogP contribution in [-0.4, -0.2) is 38.0 Å². The van der Waals surface area contributed by atoms with E-state index in [0.29, 0.717) is 6.54 Å². The van der Waals surface area contributed by atoms with E-state index in [1.54, 1.807) is 24.1 Å². The first kappa shape index (κ1) is 12.1. The molecule has 0 unspecified atom stereocenters. The highest BCUT2D eigenvalue weighted by molar-refractivity contribution is 6.29. The van der Waals surface area contributed by atoms with Gasteiger partial charge in [-0.05, 0) is 43.7 Å². The van der Waals surface area contributed by atoms with E-state index in [-0.39, 0.29) is 16.9 Å². The van der Waals surface area contributed by atoms with E-state index in [4.69, 9.17) is 16.0 Å². The third kappa shape index (κ3) is 3.57. The number of amides is 1. The number of carbonyl (C=O) groups excluding carboxylic acids is 1. The maximum Gasteiger partial charge on any atom is 0.289 e. The Morgan fingerprint density at radius 1 is 1.60 bits per heavy atom. The summed E-state index contributed by atoms with van der Waals surface area (Å²) in [5.41, 5.74) is 0. The highest BCUT2D eigenvalue weighted by atomic mass is 35.5. The third-order valence-corrected chi connectivity index (χ3v) is 2.25. The molecule has 0 saturated heterocycles. The van der Waals surface area contributed by atoms with E-state index in [9.17, 15) is 4.79 Å². The normalized spacial score (nSPS) is 10.3. The molecule has 1 heterocycles. The molecule has 0 radical (unpaired) electrons. The first-order chi connectivity index (χ1) is 7.15. The molecule has 1 aromatic heterocycles. The minimum Gasteiger partial charge on any atom is -0.440 e. The van der Waals surface area contributed by atoms with Crippen LogP contribution in [0.25, 0.3) is 0 Å². The quantitative estimate of drug-likeness (QED) is 0.782. The molecule has 0 spiro atoms. The molecular formula is C10H15ClN2O2. The zero-order chi connectivity index (χ0) is 11.3. The van der Waals surface area contributed by atoms with E-state index in [2.05, 4.69) is 5.32 Å². The van der Waals surface area contributed by atoms with Gasteiger partial charge in [0.1, 0.15) is 0 Å². The van der Waals surface area contributed by atoms with Gasteiger partial charge in [0.05, 0.1) is 0 Å². The molecule has 0 saturated carbocycles. The van der Waals surface area contributed by atoms with Gasteiger partial charge in [-0.25, -0.2) is 0 Å². The van der Waals surface area contributed by atoms with Crippen LogP contribution in [0.5, 0.6) is 0 Å². The maximum atomic E-state index is 11.7. The lowest BCUT2D eigenvalue weighted by molar-refractivity contribution is 0.0762. The predicted molar refractivity (Wildman–Crippen MR) is 59.2 cm³/mol. The zero-order valence-electron chi connectivity index (χ0n) is 8.92. The maximum absolute atomic E-state index is 11.7. The van der Waals surface area contributed by atoms with E-state index in [0.717, 1.165) is 13.0 Å². The van der Waals surface area contributed by atoms with Crippen molar-refractivity contribution >= 4 is 17.5 Å². The first-order valence-electron chi connectivity index (χ1n) is 4.80. The number of rotatable bonds is 5. The molecule has 0 aliphatic rings. The summed E-state index contributed by atoms with van der Waals surface area (Å²) in [7, 11) is 3.63. The van der Waals surface area contributed by atoms with E-state index in [1.807, 2.05) is 7.05 Å². The Morgan fingerprint density at radius 3 is 2.87 bits per heavy atom. The van der Waals surface area contributed by atoms with Gasteiger partial charge in [0.25, 0.3) is 5.91 Å². The van der Waals surface area contributed by atoms with Gasteiger partial charge in [-0.2, -0.15) is 0 Å². The predicted octanol–water partition coefficient (Wildman–Crippen LogP) is 1.61. The number of nitrogens with one attached hydrogen (secondary N) is 1. The lowest BCUT2D eigenvalue weighted by Crippen LogP contribution is -2.29. The van der Waals surface area contributed by atoms with Crippen molar-refractivity contribution in [3.8, 4) is 0 Å². The minimum atomic E-state index is -0.141. The molecule has 1 rings (SSSR count). The lowest BCUT2D eigenvalue weighted by atomic mass is 10.3. The summed E-state index contributed by atoms with van der Waals surface area (Å²) in [4.78, 5) is 13.3. The zero-order valence-corrected chi connectivity index (χ0v) is 9.67. The molecule has 0 fully saturated rings. The van der Waals surface area contributed by atoms with E-state index < -0.39 is 0 Å². The molecule has 1 amide bonds. The summed E-state index contributed by atoms with van der Waals surface area (Å²) in [6.07, 6.45) is 0.910. The average molecular weight is 231 g/mol. The Balaban J connectivity index is 2.46. The Bertz CT molecular complexity index is 325. The summed E-state index contributed by atoms with van der Waals surface area (Å²) in [5.74, 6) is 0.143. The number of hydrogen-bond acceptors (Lipinski definition) is 3. The molecule has 1 aromatic rings. The molecule has 84 valence electrons. The van der Waals surface area contributed by atoms with Crippen LogP contribution < -0.4 is 5.32 Å². The van der Waals surface area contributed by atoms with Gasteiger partial charge in [0.2, 0.25) is 0 Å². The molecule has 0 aliphatic carbocycles. The largest absolute Gasteiger partial charge is 0.440 e. The van der Waals surface area contributed by atoms with Crippen LogP contribution in [0.4, 0.5) is 0 Å². The van der Waals surface area contributed by atoms with Crippen LogP contribution in [0.1, 0.15) is 17.0 Å². The first-order valence-corrected chi connectivity index (χ1v) is 5.18. The number of nitrogens with zero attached hydrogens (tertiary/aromatic N) is 1. The van der Waals surface area contributed by atoms with Gasteiger partial charge < -0.3 is 14.6 Å². The van der Waals surface area contributed by atoms with Crippen molar-refractivity contribution < 1.29 is 9.21 Å². The summed E-state index contributed by atoms with van der Waals surface area (Å²) < 4.78 is 5.03. The Kier molecular flexibility index (Phi) is 4.65. The van der Waals surface area contributed by atoms with Crippen molar-refractivity contribution in [1.82, 2.24) is 10.2 Å². The van der Waals surface area contributed by atoms with Crippen molar-refractivity contribution in [2.45, 2.75) is 6.42 Å². The van der Waals surface area contributed by atoms with Crippen molar-refractivity contribution in [2.75, 3.05) is 27.2 Å². The van der Waals surface area contributed by atoms with E-state index in [1.165, 1.54) is 0 Å². The van der Waals surface area contributed by atoms with Crippen molar-refractivity contribution in [1.29, 1.82) is 0 Å². The monoisotopic (exact) mass is 230 g/mol. The molecule has 15 heavy (non-hydrogen) atoms. The average Bonchev–Trinajstić information content (AvgIpc) is 2.64. The van der Waals surface area contributed by atoms with Gasteiger partial charge in [0.15, 0.2) is 11.0 Å². The van der Waals surface area contributed by atoms with Crippen LogP contribution in [0, 0.1) is 0 Å². The summed E-state index contributed by atoms with van der Waals surface area (Å²) in [5, 5.41) is 3.26. The minimum absolute atomic E-state index is 0.141. The molecule has 4 nitrogen and oxygen atoms in total. The fourth-order valence-corrected chi connectivity index (χ4v) is 1.36. The molecule has 0 aliphatic heterocycles. The number of hydrogen-bond donors (Lipinski definition) is 1. The van der Waals surface area contributed by atoms with E-state index >= 15 is 0 Å². The van der Waals surface area contributed by atoms with Crippen LogP contribution in [0.3, 0.4) is 0 Å². The van der Waals surface area contributed by atoms with Gasteiger partial charge in [-0.3, -0.25) is 4.79 Å². The number of furan rings is 1. The van der Waals surface area contributed by atoms with Crippen molar-refractivity contribution in [2.24, 2.45) is 0 Å². The SMILES string of the molecule is CNCCCN(C)C(=O)c1ccc(Cl)o1. The van der Waals surface area contributed by atoms with Gasteiger partial charge >= 0.3 is 0 Å². The lowest BCUT2D eigenvalue weighted by Gasteiger charge is -2.15. The topological polar surface area (TPSA) is 45.5 Å². The van der Waals surface area contributed by atoms with Crippen LogP contribution in [0.2, 0.25) is 5.22 Å². The van der Waals surface area contributed by atoms with Crippen molar-refractivity contribution in [3.63, 3.8) is 0 Å². The number of carbonyl (C=O) groups is 1. The summed E-state index contributed by atoms with van der Waals surface area (Å²) in [6, 6.07) is 3.15. The highest BCUT2D eigenvalue weighted by Gasteiger charge is 2.14. The Hall–Kier alpha value is -1.00. The second-order valence-electron chi connectivity index (χ2n) is 3.29. The summed E-state index contributed by atoms with van der Waals surface area (Å²) >= 11 is 5.59. The van der Waals surface area contributed by atoms with Gasteiger partial charge in [-0.15, -0.1) is 0 Å². The van der Waals surface area contributed by atoms with Gasteiger partial charge in [-0.1, -0.05) is 0 Å². The van der Waals surface area contributed by atoms with Crippen LogP contribution in [0.15, 0.2) is 16.5 Å². The molecular weight excluding hydrogens is 216 g/mol. The molecule has 0 atom stereocenters. The van der Waals surface area contributed by atoms with Crippen LogP contribution >= 0.6 is 11.6 Å². The molecule has 0 bridgehead atoms. The third-order valence-electron chi connectivity index (χ3n) is 2.05. The fourth-order valence-electron chi connectivity index (χ4n) is 1.21. The van der Waals surface area contributed by atoms with Gasteiger partial charge in [0, 0.05) is 13.6 Å². The Morgan fingerprint density at radius 2 is 2.33 bits per heavy atom. The second kappa shape index (κ2) is 5.78. The summed E-state index contributed by atoms with van der Waals surface area (Å²) in [6.45, 7) is 1.58. The fraction of sp³-hybridized carbons (Fsp3) is 0.500. The standard InChI is InChI=1S/C10H15ClN2O2/c1-12-6-3-7-13(2)10(14)8-4-5-9(11)15-8/h4-5,12H,3,6-7H2,1-2H3. The molecule has 5 heteroatoms. The smallest absolute Gasteiger partial charge is 0.289 e. The molecule has 0 aromatic carbocycles.